The molecule has 2 amide bonds. The number of anilines is 2. The average Bonchev–Trinajstić information content (AvgIpc) is 2.96. The van der Waals surface area contributed by atoms with E-state index < -0.39 is 0 Å². The first kappa shape index (κ1) is 13.7. The number of hydrogen-bond acceptors (Lipinski definition) is 5. The van der Waals surface area contributed by atoms with Gasteiger partial charge in [-0.15, -0.1) is 0 Å². The molecule has 0 aromatic carbocycles. The predicted molar refractivity (Wildman–Crippen MR) is 81.5 cm³/mol. The second kappa shape index (κ2) is 5.38. The molecule has 2 aromatic rings. The van der Waals surface area contributed by atoms with Gasteiger partial charge >= 0.3 is 0 Å². The zero-order valence-electron chi connectivity index (χ0n) is 12.3. The third kappa shape index (κ3) is 2.63. The number of rotatable bonds is 2. The molecular weight excluding hydrogens is 298 g/mol. The third-order valence-electron chi connectivity index (χ3n) is 3.89. The van der Waals surface area contributed by atoms with Crippen molar-refractivity contribution in [1.29, 1.82) is 0 Å². The molecule has 2 aliphatic heterocycles. The van der Waals surface area contributed by atoms with Crippen molar-refractivity contribution in [1.82, 2.24) is 14.8 Å². The summed E-state index contributed by atoms with van der Waals surface area (Å²) in [6.07, 6.45) is 4.65. The SMILES string of the molecule is O=C1COc2ncc(C(=O)Nc3cc4n(n3)CCCC4)cc2N1. The Bertz CT molecular complexity index is 775. The molecule has 0 bridgehead atoms. The van der Waals surface area contributed by atoms with Gasteiger partial charge in [0.25, 0.3) is 11.8 Å². The van der Waals surface area contributed by atoms with E-state index in [1.54, 1.807) is 6.07 Å². The van der Waals surface area contributed by atoms with Crippen LogP contribution in [-0.2, 0) is 17.8 Å². The molecule has 0 atom stereocenters. The van der Waals surface area contributed by atoms with E-state index in [0.717, 1.165) is 31.5 Å². The molecule has 0 saturated heterocycles. The molecule has 8 heteroatoms. The number of nitrogens with one attached hydrogen (secondary N) is 2. The van der Waals surface area contributed by atoms with Crippen LogP contribution in [0.25, 0.3) is 0 Å². The van der Waals surface area contributed by atoms with Crippen LogP contribution in [0.1, 0.15) is 28.9 Å². The van der Waals surface area contributed by atoms with E-state index in [-0.39, 0.29) is 18.4 Å². The lowest BCUT2D eigenvalue weighted by molar-refractivity contribution is -0.118. The lowest BCUT2D eigenvalue weighted by Crippen LogP contribution is -2.26. The van der Waals surface area contributed by atoms with Gasteiger partial charge in [-0.1, -0.05) is 0 Å². The highest BCUT2D eigenvalue weighted by Crippen LogP contribution is 2.26. The van der Waals surface area contributed by atoms with Gasteiger partial charge in [0.1, 0.15) is 5.69 Å². The van der Waals surface area contributed by atoms with Crippen LogP contribution < -0.4 is 15.4 Å². The van der Waals surface area contributed by atoms with Crippen LogP contribution in [0.2, 0.25) is 0 Å². The lowest BCUT2D eigenvalue weighted by atomic mass is 10.1. The molecule has 0 radical (unpaired) electrons. The maximum absolute atomic E-state index is 12.3. The highest BCUT2D eigenvalue weighted by Gasteiger charge is 2.20. The van der Waals surface area contributed by atoms with E-state index in [2.05, 4.69) is 20.7 Å². The smallest absolute Gasteiger partial charge is 0.262 e. The molecular formula is C15H15N5O3. The van der Waals surface area contributed by atoms with Crippen molar-refractivity contribution in [2.75, 3.05) is 17.2 Å². The number of amides is 2. The highest BCUT2D eigenvalue weighted by molar-refractivity contribution is 6.05. The first-order valence-corrected chi connectivity index (χ1v) is 7.50. The minimum absolute atomic E-state index is 0.0637. The van der Waals surface area contributed by atoms with Gasteiger partial charge in [0, 0.05) is 24.5 Å². The number of carbonyl (C=O) groups is 2. The summed E-state index contributed by atoms with van der Waals surface area (Å²) in [6, 6.07) is 3.44. The summed E-state index contributed by atoms with van der Waals surface area (Å²) in [5.74, 6) is 0.262. The van der Waals surface area contributed by atoms with Gasteiger partial charge in [0.05, 0.1) is 5.56 Å². The van der Waals surface area contributed by atoms with Crippen molar-refractivity contribution in [3.8, 4) is 5.88 Å². The van der Waals surface area contributed by atoms with Crippen LogP contribution in [0, 0.1) is 0 Å². The number of carbonyl (C=O) groups excluding carboxylic acids is 2. The van der Waals surface area contributed by atoms with E-state index in [1.807, 2.05) is 10.7 Å². The second-order valence-electron chi connectivity index (χ2n) is 5.57. The summed E-state index contributed by atoms with van der Waals surface area (Å²) in [5, 5.41) is 9.79. The van der Waals surface area contributed by atoms with Gasteiger partial charge < -0.3 is 15.4 Å². The molecule has 0 spiro atoms. The van der Waals surface area contributed by atoms with Crippen molar-refractivity contribution < 1.29 is 14.3 Å². The van der Waals surface area contributed by atoms with Crippen LogP contribution in [0.4, 0.5) is 11.5 Å². The number of pyridine rings is 1. The van der Waals surface area contributed by atoms with Crippen molar-refractivity contribution in [2.24, 2.45) is 0 Å². The van der Waals surface area contributed by atoms with E-state index in [1.165, 1.54) is 6.20 Å². The lowest BCUT2D eigenvalue weighted by Gasteiger charge is -2.16. The van der Waals surface area contributed by atoms with Crippen LogP contribution in [0.5, 0.6) is 5.88 Å². The first-order valence-electron chi connectivity index (χ1n) is 7.50. The molecule has 0 saturated carbocycles. The zero-order chi connectivity index (χ0) is 15.8. The molecule has 2 aromatic heterocycles. The summed E-state index contributed by atoms with van der Waals surface area (Å²) in [7, 11) is 0. The quantitative estimate of drug-likeness (QED) is 0.868. The van der Waals surface area contributed by atoms with Gasteiger partial charge in [0.15, 0.2) is 12.4 Å². The molecule has 0 unspecified atom stereocenters. The Morgan fingerprint density at radius 2 is 2.26 bits per heavy atom. The maximum Gasteiger partial charge on any atom is 0.262 e. The number of aryl methyl sites for hydroxylation is 2. The molecule has 4 rings (SSSR count). The maximum atomic E-state index is 12.3. The van der Waals surface area contributed by atoms with Crippen LogP contribution in [0.3, 0.4) is 0 Å². The fourth-order valence-electron chi connectivity index (χ4n) is 2.77. The number of aromatic nitrogens is 3. The summed E-state index contributed by atoms with van der Waals surface area (Å²) in [6.45, 7) is 0.820. The fraction of sp³-hybridized carbons (Fsp3) is 0.333. The Hall–Kier alpha value is -2.90. The van der Waals surface area contributed by atoms with Gasteiger partial charge in [-0.25, -0.2) is 4.98 Å². The molecule has 8 nitrogen and oxygen atoms in total. The van der Waals surface area contributed by atoms with Crippen LogP contribution in [-0.4, -0.2) is 33.2 Å². The molecule has 0 fully saturated rings. The predicted octanol–water partition coefficient (Wildman–Crippen LogP) is 1.20. The second-order valence-corrected chi connectivity index (χ2v) is 5.57. The van der Waals surface area contributed by atoms with Gasteiger partial charge in [-0.2, -0.15) is 5.10 Å². The van der Waals surface area contributed by atoms with E-state index >= 15 is 0 Å². The average molecular weight is 313 g/mol. The third-order valence-corrected chi connectivity index (χ3v) is 3.89. The molecule has 23 heavy (non-hydrogen) atoms. The van der Waals surface area contributed by atoms with Crippen molar-refractivity contribution >= 4 is 23.3 Å². The minimum Gasteiger partial charge on any atom is -0.466 e. The summed E-state index contributed by atoms with van der Waals surface area (Å²) in [5.41, 5.74) is 1.87. The largest absolute Gasteiger partial charge is 0.466 e. The molecule has 4 heterocycles. The Balaban J connectivity index is 1.54. The Labute approximate surface area is 131 Å². The van der Waals surface area contributed by atoms with Crippen LogP contribution in [0.15, 0.2) is 18.3 Å². The normalized spacial score (nSPS) is 15.9. The number of hydrogen-bond donors (Lipinski definition) is 2. The standard InChI is InChI=1S/C15H15N5O3/c21-13-8-23-15-11(17-13)5-9(7-16-15)14(22)18-12-6-10-3-1-2-4-20(10)19-12/h5-7H,1-4,8H2,(H,17,21)(H,18,19,22). The first-order chi connectivity index (χ1) is 11.2. The Morgan fingerprint density at radius 1 is 1.35 bits per heavy atom. The Kier molecular flexibility index (Phi) is 3.22. The highest BCUT2D eigenvalue weighted by atomic mass is 16.5. The molecule has 2 N–H and O–H groups in total. The topological polar surface area (TPSA) is 98.1 Å². The summed E-state index contributed by atoms with van der Waals surface area (Å²) in [4.78, 5) is 27.7. The Morgan fingerprint density at radius 3 is 3.13 bits per heavy atom. The van der Waals surface area contributed by atoms with Crippen molar-refractivity contribution in [3.05, 3.63) is 29.6 Å². The van der Waals surface area contributed by atoms with E-state index in [4.69, 9.17) is 4.74 Å². The number of fused-ring (bicyclic) bond motifs is 2. The van der Waals surface area contributed by atoms with Gasteiger partial charge in [-0.3, -0.25) is 14.3 Å². The summed E-state index contributed by atoms with van der Waals surface area (Å²) >= 11 is 0. The minimum atomic E-state index is -0.324. The zero-order valence-corrected chi connectivity index (χ0v) is 12.3. The van der Waals surface area contributed by atoms with Crippen LogP contribution >= 0.6 is 0 Å². The fourth-order valence-corrected chi connectivity index (χ4v) is 2.77. The van der Waals surface area contributed by atoms with Crippen molar-refractivity contribution in [2.45, 2.75) is 25.8 Å². The molecule has 2 aliphatic rings. The van der Waals surface area contributed by atoms with E-state index in [9.17, 15) is 9.59 Å². The molecule has 118 valence electrons. The monoisotopic (exact) mass is 313 g/mol. The number of nitrogens with zero attached hydrogens (tertiary/aromatic N) is 3. The van der Waals surface area contributed by atoms with Gasteiger partial charge in [-0.05, 0) is 25.3 Å². The van der Waals surface area contributed by atoms with E-state index in [0.29, 0.717) is 22.9 Å². The van der Waals surface area contributed by atoms with Gasteiger partial charge in [0.2, 0.25) is 5.88 Å². The number of ether oxygens (including phenoxy) is 1. The van der Waals surface area contributed by atoms with Crippen molar-refractivity contribution in [3.63, 3.8) is 0 Å². The molecule has 0 aliphatic carbocycles. The summed E-state index contributed by atoms with van der Waals surface area (Å²) < 4.78 is 7.10.